The molecule has 3 heterocycles. The van der Waals surface area contributed by atoms with Gasteiger partial charge in [-0.05, 0) is 51.5 Å². The Morgan fingerprint density at radius 2 is 1.88 bits per heavy atom. The number of amides is 2. The number of piperidine rings is 1. The predicted octanol–water partition coefficient (Wildman–Crippen LogP) is 2.06. The number of carbonyl (C=O) groups is 2. The van der Waals surface area contributed by atoms with E-state index in [2.05, 4.69) is 4.90 Å². The number of furan rings is 1. The van der Waals surface area contributed by atoms with E-state index < -0.39 is 5.54 Å². The largest absolute Gasteiger partial charge is 0.466 e. The molecule has 1 spiro atoms. The third-order valence-corrected chi connectivity index (χ3v) is 6.38. The van der Waals surface area contributed by atoms with E-state index >= 15 is 0 Å². The van der Waals surface area contributed by atoms with E-state index in [1.165, 1.54) is 12.8 Å². The third-order valence-electron chi connectivity index (χ3n) is 6.38. The number of hydrogen-bond acceptors (Lipinski definition) is 4. The van der Waals surface area contributed by atoms with Gasteiger partial charge in [-0.15, -0.1) is 0 Å². The van der Waals surface area contributed by atoms with Crippen molar-refractivity contribution in [3.05, 3.63) is 23.2 Å². The molecule has 3 fully saturated rings. The van der Waals surface area contributed by atoms with E-state index in [0.717, 1.165) is 44.2 Å². The fourth-order valence-electron chi connectivity index (χ4n) is 4.58. The summed E-state index contributed by atoms with van der Waals surface area (Å²) in [5.74, 6) is 2.47. The molecule has 1 saturated carbocycles. The summed E-state index contributed by atoms with van der Waals surface area (Å²) in [6.07, 6.45) is 4.04. The van der Waals surface area contributed by atoms with Crippen molar-refractivity contribution in [2.45, 2.75) is 45.1 Å². The Labute approximate surface area is 155 Å². The van der Waals surface area contributed by atoms with Gasteiger partial charge in [-0.3, -0.25) is 14.5 Å². The zero-order chi connectivity index (χ0) is 18.5. The van der Waals surface area contributed by atoms with Crippen molar-refractivity contribution in [2.75, 3.05) is 39.8 Å². The summed E-state index contributed by atoms with van der Waals surface area (Å²) < 4.78 is 5.52. The first-order valence-corrected chi connectivity index (χ1v) is 9.77. The van der Waals surface area contributed by atoms with Crippen molar-refractivity contribution in [3.8, 4) is 0 Å². The normalized spacial score (nSPS) is 23.7. The summed E-state index contributed by atoms with van der Waals surface area (Å²) in [5, 5.41) is 0. The van der Waals surface area contributed by atoms with Gasteiger partial charge < -0.3 is 14.2 Å². The fraction of sp³-hybridized carbons (Fsp3) is 0.700. The molecule has 2 saturated heterocycles. The van der Waals surface area contributed by atoms with Crippen LogP contribution in [0.2, 0.25) is 0 Å². The van der Waals surface area contributed by atoms with Gasteiger partial charge in [-0.25, -0.2) is 0 Å². The number of likely N-dealkylation sites (N-methyl/N-ethyl adjacent to an activating group) is 1. The number of carbonyl (C=O) groups excluding carboxylic acids is 2. The van der Waals surface area contributed by atoms with E-state index in [1.54, 1.807) is 0 Å². The minimum atomic E-state index is -0.409. The van der Waals surface area contributed by atoms with E-state index in [0.29, 0.717) is 24.4 Å². The van der Waals surface area contributed by atoms with Crippen molar-refractivity contribution < 1.29 is 14.0 Å². The highest BCUT2D eigenvalue weighted by Gasteiger charge is 2.51. The lowest BCUT2D eigenvalue weighted by molar-refractivity contribution is -0.154. The molecule has 2 aliphatic heterocycles. The van der Waals surface area contributed by atoms with Crippen LogP contribution in [0.1, 0.15) is 47.6 Å². The van der Waals surface area contributed by atoms with E-state index in [-0.39, 0.29) is 11.8 Å². The average Bonchev–Trinajstić information content (AvgIpc) is 3.38. The summed E-state index contributed by atoms with van der Waals surface area (Å²) in [6.45, 7) is 7.75. The summed E-state index contributed by atoms with van der Waals surface area (Å²) in [4.78, 5) is 32.2. The molecule has 0 unspecified atom stereocenters. The van der Waals surface area contributed by atoms with Crippen molar-refractivity contribution in [1.29, 1.82) is 0 Å². The second kappa shape index (κ2) is 6.41. The number of piperazine rings is 1. The SMILES string of the molecule is Cc1cc(C(=O)N2CCC3(CC2)C(=O)N(C)CCN3CC2CC2)c(C)o1. The molecule has 0 aromatic carbocycles. The lowest BCUT2D eigenvalue weighted by atomic mass is 9.82. The molecule has 6 nitrogen and oxygen atoms in total. The molecule has 2 amide bonds. The van der Waals surface area contributed by atoms with Gasteiger partial charge in [-0.2, -0.15) is 0 Å². The zero-order valence-electron chi connectivity index (χ0n) is 16.1. The molecule has 3 aliphatic rings. The van der Waals surface area contributed by atoms with Crippen molar-refractivity contribution in [2.24, 2.45) is 5.92 Å². The molecule has 6 heteroatoms. The van der Waals surface area contributed by atoms with E-state index in [4.69, 9.17) is 4.42 Å². The third kappa shape index (κ3) is 2.94. The number of likely N-dealkylation sites (tertiary alicyclic amines) is 1. The second-order valence-electron chi connectivity index (χ2n) is 8.27. The van der Waals surface area contributed by atoms with Gasteiger partial charge in [-0.1, -0.05) is 0 Å². The van der Waals surface area contributed by atoms with Crippen molar-refractivity contribution in [3.63, 3.8) is 0 Å². The van der Waals surface area contributed by atoms with Crippen LogP contribution in [0.15, 0.2) is 10.5 Å². The summed E-state index contributed by atoms with van der Waals surface area (Å²) in [7, 11) is 1.91. The summed E-state index contributed by atoms with van der Waals surface area (Å²) in [6, 6.07) is 1.82. The molecule has 1 aromatic rings. The summed E-state index contributed by atoms with van der Waals surface area (Å²) in [5.41, 5.74) is 0.244. The lowest BCUT2D eigenvalue weighted by Gasteiger charge is -2.52. The molecule has 0 radical (unpaired) electrons. The van der Waals surface area contributed by atoms with Crippen LogP contribution in [0, 0.1) is 19.8 Å². The summed E-state index contributed by atoms with van der Waals surface area (Å²) >= 11 is 0. The van der Waals surface area contributed by atoms with Crippen LogP contribution in [0.5, 0.6) is 0 Å². The number of nitrogens with zero attached hydrogens (tertiary/aromatic N) is 3. The maximum atomic E-state index is 13.1. The fourth-order valence-corrected chi connectivity index (χ4v) is 4.58. The van der Waals surface area contributed by atoms with Crippen LogP contribution >= 0.6 is 0 Å². The molecule has 1 aromatic heterocycles. The number of rotatable bonds is 3. The highest BCUT2D eigenvalue weighted by molar-refractivity contribution is 5.96. The molecule has 0 N–H and O–H groups in total. The van der Waals surface area contributed by atoms with Gasteiger partial charge in [0.15, 0.2) is 0 Å². The van der Waals surface area contributed by atoms with Gasteiger partial charge in [0.05, 0.1) is 5.56 Å². The molecule has 4 rings (SSSR count). The first kappa shape index (κ1) is 17.6. The Balaban J connectivity index is 1.50. The van der Waals surface area contributed by atoms with Gasteiger partial charge in [0, 0.05) is 39.8 Å². The second-order valence-corrected chi connectivity index (χ2v) is 8.27. The zero-order valence-corrected chi connectivity index (χ0v) is 16.1. The highest BCUT2D eigenvalue weighted by atomic mass is 16.3. The maximum absolute atomic E-state index is 13.1. The van der Waals surface area contributed by atoms with E-state index in [9.17, 15) is 9.59 Å². The van der Waals surface area contributed by atoms with Crippen LogP contribution in [0.25, 0.3) is 0 Å². The Bertz CT molecular complexity index is 714. The maximum Gasteiger partial charge on any atom is 0.257 e. The van der Waals surface area contributed by atoms with Gasteiger partial charge in [0.25, 0.3) is 5.91 Å². The number of hydrogen-bond donors (Lipinski definition) is 0. The van der Waals surface area contributed by atoms with Crippen LogP contribution in [-0.2, 0) is 4.79 Å². The molecule has 0 bridgehead atoms. The smallest absolute Gasteiger partial charge is 0.257 e. The van der Waals surface area contributed by atoms with E-state index in [1.807, 2.05) is 36.8 Å². The van der Waals surface area contributed by atoms with Gasteiger partial charge in [0.1, 0.15) is 17.1 Å². The van der Waals surface area contributed by atoms with Crippen LogP contribution in [-0.4, -0.2) is 71.8 Å². The molecular formula is C20H29N3O3. The Hall–Kier alpha value is -1.82. The van der Waals surface area contributed by atoms with Crippen molar-refractivity contribution >= 4 is 11.8 Å². The number of aryl methyl sites for hydroxylation is 2. The van der Waals surface area contributed by atoms with Crippen LogP contribution < -0.4 is 0 Å². The molecular weight excluding hydrogens is 330 g/mol. The van der Waals surface area contributed by atoms with Gasteiger partial charge in [0.2, 0.25) is 5.91 Å². The highest BCUT2D eigenvalue weighted by Crippen LogP contribution is 2.38. The minimum absolute atomic E-state index is 0.0274. The molecule has 0 atom stereocenters. The topological polar surface area (TPSA) is 57.0 Å². The average molecular weight is 359 g/mol. The lowest BCUT2D eigenvalue weighted by Crippen LogP contribution is -2.68. The Kier molecular flexibility index (Phi) is 4.34. The Morgan fingerprint density at radius 1 is 1.19 bits per heavy atom. The predicted molar refractivity (Wildman–Crippen MR) is 98.0 cm³/mol. The van der Waals surface area contributed by atoms with Crippen molar-refractivity contribution in [1.82, 2.24) is 14.7 Å². The standard InChI is InChI=1S/C20H29N3O3/c1-14-12-17(15(2)26-14)18(24)22-8-6-20(7-9-22)19(25)21(3)10-11-23(20)13-16-4-5-16/h12,16H,4-11,13H2,1-3H3. The Morgan fingerprint density at radius 3 is 2.46 bits per heavy atom. The monoisotopic (exact) mass is 359 g/mol. The van der Waals surface area contributed by atoms with Gasteiger partial charge >= 0.3 is 0 Å². The minimum Gasteiger partial charge on any atom is -0.466 e. The van der Waals surface area contributed by atoms with Crippen LogP contribution in [0.4, 0.5) is 0 Å². The first-order valence-electron chi connectivity index (χ1n) is 9.77. The first-order chi connectivity index (χ1) is 12.4. The molecule has 1 aliphatic carbocycles. The van der Waals surface area contributed by atoms with Crippen LogP contribution in [0.3, 0.4) is 0 Å². The molecule has 26 heavy (non-hydrogen) atoms. The quantitative estimate of drug-likeness (QED) is 0.829. The molecule has 142 valence electrons.